The van der Waals surface area contributed by atoms with E-state index in [4.69, 9.17) is 9.15 Å². The molecule has 2 saturated heterocycles. The normalized spacial score (nSPS) is 15.8. The maximum atomic E-state index is 12.9. The van der Waals surface area contributed by atoms with Gasteiger partial charge in [-0.1, -0.05) is 0 Å². The summed E-state index contributed by atoms with van der Waals surface area (Å²) in [5, 5.41) is 14.4. The monoisotopic (exact) mass is 710 g/mol. The molecule has 264 valence electrons. The fourth-order valence-electron chi connectivity index (χ4n) is 6.64. The number of aromatic nitrogens is 1. The molecule has 2 amide bonds. The van der Waals surface area contributed by atoms with Crippen molar-refractivity contribution in [3.05, 3.63) is 65.5 Å². The summed E-state index contributed by atoms with van der Waals surface area (Å²) in [5.41, 5.74) is 4.44. The van der Waals surface area contributed by atoms with Crippen LogP contribution < -0.4 is 10.2 Å². The number of nitriles is 1. The van der Waals surface area contributed by atoms with Crippen LogP contribution in [-0.4, -0.2) is 84.7 Å². The van der Waals surface area contributed by atoms with E-state index in [0.29, 0.717) is 42.5 Å². The Kier molecular flexibility index (Phi) is 12.9. The van der Waals surface area contributed by atoms with E-state index >= 15 is 0 Å². The molecule has 0 aliphatic carbocycles. The third-order valence-electron chi connectivity index (χ3n) is 9.35. The molecule has 4 heterocycles. The Labute approximate surface area is 300 Å². The molecule has 2 fully saturated rings. The number of hydrogen-bond acceptors (Lipinski definition) is 7. The molecular formula is C37H48Cl2N6O4. The number of anilines is 1. The Morgan fingerprint density at radius 1 is 1.00 bits per heavy atom. The van der Waals surface area contributed by atoms with Gasteiger partial charge in [0.15, 0.2) is 5.76 Å². The highest BCUT2D eigenvalue weighted by molar-refractivity contribution is 5.96. The fourth-order valence-corrected chi connectivity index (χ4v) is 6.64. The Morgan fingerprint density at radius 2 is 1.76 bits per heavy atom. The molecule has 4 aromatic rings. The van der Waals surface area contributed by atoms with E-state index in [9.17, 15) is 14.9 Å². The van der Waals surface area contributed by atoms with Gasteiger partial charge in [-0.2, -0.15) is 5.26 Å². The Morgan fingerprint density at radius 3 is 2.47 bits per heavy atom. The summed E-state index contributed by atoms with van der Waals surface area (Å²) in [6.07, 6.45) is 6.73. The van der Waals surface area contributed by atoms with E-state index in [1.54, 1.807) is 4.90 Å². The van der Waals surface area contributed by atoms with Crippen molar-refractivity contribution in [2.45, 2.75) is 58.5 Å². The van der Waals surface area contributed by atoms with Gasteiger partial charge >= 0.3 is 6.09 Å². The molecular weight excluding hydrogens is 663 g/mol. The van der Waals surface area contributed by atoms with Crippen LogP contribution in [0.2, 0.25) is 0 Å². The quantitative estimate of drug-likeness (QED) is 0.177. The highest BCUT2D eigenvalue weighted by Crippen LogP contribution is 2.27. The van der Waals surface area contributed by atoms with Gasteiger partial charge in [-0.15, -0.1) is 24.8 Å². The molecule has 2 aromatic heterocycles. The van der Waals surface area contributed by atoms with Crippen LogP contribution in [0.5, 0.6) is 0 Å². The number of piperidine rings is 1. The number of likely N-dealkylation sites (tertiary alicyclic amines) is 1. The molecule has 0 unspecified atom stereocenters. The van der Waals surface area contributed by atoms with Gasteiger partial charge in [-0.25, -0.2) is 4.79 Å². The molecule has 2 aliphatic rings. The number of benzene rings is 2. The van der Waals surface area contributed by atoms with Crippen LogP contribution in [-0.2, 0) is 11.2 Å². The molecule has 0 bridgehead atoms. The van der Waals surface area contributed by atoms with E-state index in [2.05, 4.69) is 44.5 Å². The first-order valence-electron chi connectivity index (χ1n) is 16.9. The number of nitrogens with one attached hydrogen (secondary N) is 2. The maximum absolute atomic E-state index is 12.9. The number of H-pyrrole nitrogens is 1. The number of furan rings is 1. The van der Waals surface area contributed by atoms with Crippen LogP contribution in [0.25, 0.3) is 21.9 Å². The number of carbonyl (C=O) groups excluding carboxylic acids is 2. The molecule has 6 rings (SSSR count). The summed E-state index contributed by atoms with van der Waals surface area (Å²) in [7, 11) is 0. The number of piperazine rings is 1. The lowest BCUT2D eigenvalue weighted by Gasteiger charge is -2.36. The van der Waals surface area contributed by atoms with Crippen molar-refractivity contribution in [2.24, 2.45) is 5.92 Å². The SMILES string of the molecule is CC(C)(C)OC(=O)N1CCC(CNC(=O)c2cc3cc(N4CCN(CCCCc5c[nH]c6ccc(C#N)cc56)CC4)ccc3o2)CC1.Cl.Cl. The standard InChI is InChI=1S/C37H46N6O4.2ClH/c1-37(2,3)47-36(45)43-14-11-26(12-15-43)24-40-35(44)34-22-29-21-30(8-10-33(29)46-34)42-18-16-41(17-19-42)13-5-4-6-28-25-39-32-9-7-27(23-38)20-31(28)32;;/h7-10,20-22,25-26,39H,4-6,11-19,24H2,1-3H3,(H,40,44);2*1H. The average Bonchev–Trinajstić information content (AvgIpc) is 3.69. The number of nitrogens with zero attached hydrogens (tertiary/aromatic N) is 4. The van der Waals surface area contributed by atoms with E-state index in [1.807, 2.05) is 51.1 Å². The number of ether oxygens (including phenoxy) is 1. The Bertz CT molecular complexity index is 1760. The molecule has 0 atom stereocenters. The Balaban J connectivity index is 0.00000270. The minimum Gasteiger partial charge on any atom is -0.451 e. The second-order valence-corrected chi connectivity index (χ2v) is 13.9. The van der Waals surface area contributed by atoms with E-state index < -0.39 is 5.60 Å². The lowest BCUT2D eigenvalue weighted by Crippen LogP contribution is -2.46. The molecule has 0 radical (unpaired) electrons. The third kappa shape index (κ3) is 9.62. The number of hydrogen-bond donors (Lipinski definition) is 2. The zero-order valence-electron chi connectivity index (χ0n) is 28.6. The number of halogens is 2. The smallest absolute Gasteiger partial charge is 0.410 e. The molecule has 2 N–H and O–H groups in total. The third-order valence-corrected chi connectivity index (χ3v) is 9.35. The predicted octanol–water partition coefficient (Wildman–Crippen LogP) is 7.15. The fraction of sp³-hybridized carbons (Fsp3) is 0.486. The second kappa shape index (κ2) is 16.7. The van der Waals surface area contributed by atoms with Gasteiger partial charge in [0, 0.05) is 74.0 Å². The molecule has 2 aromatic carbocycles. The van der Waals surface area contributed by atoms with Crippen molar-refractivity contribution in [2.75, 3.05) is 57.3 Å². The van der Waals surface area contributed by atoms with Gasteiger partial charge in [0.1, 0.15) is 11.2 Å². The van der Waals surface area contributed by atoms with Gasteiger partial charge in [0.2, 0.25) is 0 Å². The van der Waals surface area contributed by atoms with Gasteiger partial charge in [0.25, 0.3) is 5.91 Å². The van der Waals surface area contributed by atoms with E-state index in [0.717, 1.165) is 86.8 Å². The van der Waals surface area contributed by atoms with Crippen LogP contribution in [0, 0.1) is 17.2 Å². The molecule has 0 spiro atoms. The number of unbranched alkanes of at least 4 members (excludes halogenated alkanes) is 1. The van der Waals surface area contributed by atoms with Crippen molar-refractivity contribution in [1.82, 2.24) is 20.1 Å². The van der Waals surface area contributed by atoms with Gasteiger partial charge in [-0.05, 0) is 113 Å². The predicted molar refractivity (Wildman–Crippen MR) is 198 cm³/mol. The van der Waals surface area contributed by atoms with Crippen molar-refractivity contribution < 1.29 is 18.7 Å². The number of aryl methyl sites for hydroxylation is 1. The molecule has 2 aliphatic heterocycles. The minimum atomic E-state index is -0.503. The molecule has 49 heavy (non-hydrogen) atoms. The van der Waals surface area contributed by atoms with Gasteiger partial charge < -0.3 is 29.3 Å². The number of aromatic amines is 1. The first kappa shape index (κ1) is 37.9. The highest BCUT2D eigenvalue weighted by atomic mass is 35.5. The minimum absolute atomic E-state index is 0. The number of fused-ring (bicyclic) bond motifs is 2. The lowest BCUT2D eigenvalue weighted by molar-refractivity contribution is 0.0183. The average molecular weight is 712 g/mol. The van der Waals surface area contributed by atoms with Crippen molar-refractivity contribution in [3.8, 4) is 6.07 Å². The van der Waals surface area contributed by atoms with Crippen LogP contribution in [0.1, 0.15) is 68.1 Å². The van der Waals surface area contributed by atoms with Crippen LogP contribution in [0.4, 0.5) is 10.5 Å². The maximum Gasteiger partial charge on any atom is 0.410 e. The topological polar surface area (TPSA) is 118 Å². The lowest BCUT2D eigenvalue weighted by atomic mass is 9.97. The summed E-state index contributed by atoms with van der Waals surface area (Å²) in [6.45, 7) is 12.5. The zero-order chi connectivity index (χ0) is 33.0. The summed E-state index contributed by atoms with van der Waals surface area (Å²) in [4.78, 5) is 35.3. The second-order valence-electron chi connectivity index (χ2n) is 13.9. The molecule has 10 nitrogen and oxygen atoms in total. The zero-order valence-corrected chi connectivity index (χ0v) is 30.3. The number of amides is 2. The summed E-state index contributed by atoms with van der Waals surface area (Å²) in [5.74, 6) is 0.430. The first-order valence-corrected chi connectivity index (χ1v) is 16.9. The largest absolute Gasteiger partial charge is 0.451 e. The van der Waals surface area contributed by atoms with Crippen LogP contribution >= 0.6 is 24.8 Å². The van der Waals surface area contributed by atoms with Crippen LogP contribution in [0.15, 0.2) is 53.1 Å². The van der Waals surface area contributed by atoms with Crippen molar-refractivity contribution in [1.29, 1.82) is 5.26 Å². The van der Waals surface area contributed by atoms with Crippen molar-refractivity contribution in [3.63, 3.8) is 0 Å². The van der Waals surface area contributed by atoms with Crippen LogP contribution in [0.3, 0.4) is 0 Å². The van der Waals surface area contributed by atoms with E-state index in [-0.39, 0.29) is 36.8 Å². The molecule has 12 heteroatoms. The number of rotatable bonds is 9. The molecule has 0 saturated carbocycles. The summed E-state index contributed by atoms with van der Waals surface area (Å²) in [6, 6.07) is 16.1. The van der Waals surface area contributed by atoms with Crippen molar-refractivity contribution >= 4 is 64.4 Å². The highest BCUT2D eigenvalue weighted by Gasteiger charge is 2.27. The first-order chi connectivity index (χ1) is 22.6. The van der Waals surface area contributed by atoms with Gasteiger partial charge in [0.05, 0.1) is 11.6 Å². The number of carbonyl (C=O) groups is 2. The van der Waals surface area contributed by atoms with E-state index in [1.165, 1.54) is 5.56 Å². The van der Waals surface area contributed by atoms with Gasteiger partial charge in [-0.3, -0.25) is 9.69 Å². The summed E-state index contributed by atoms with van der Waals surface area (Å²) >= 11 is 0. The summed E-state index contributed by atoms with van der Waals surface area (Å²) < 4.78 is 11.4. The Hall–Kier alpha value is -3.91.